The highest BCUT2D eigenvalue weighted by atomic mass is 35.5. The van der Waals surface area contributed by atoms with Gasteiger partial charge in [0, 0.05) is 41.0 Å². The third kappa shape index (κ3) is 4.20. The van der Waals surface area contributed by atoms with Gasteiger partial charge in [0.2, 0.25) is 0 Å². The number of anilines is 1. The molecule has 1 aliphatic carbocycles. The Morgan fingerprint density at radius 1 is 1.07 bits per heavy atom. The molecule has 158 valence electrons. The van der Waals surface area contributed by atoms with Crippen molar-refractivity contribution >= 4 is 50.7 Å². The van der Waals surface area contributed by atoms with Gasteiger partial charge in [-0.05, 0) is 62.1 Å². The Kier molecular flexibility index (Phi) is 6.19. The lowest BCUT2D eigenvalue weighted by Gasteiger charge is -2.35. The standard InChI is InChI=1S/C23H27ClN4S2/c1-2-10-27-11-13-28(14-12-27)22-21-18-4-3-5-19(18)30-23(21)26-20(25-22)15-29-17-8-6-16(24)7-9-17/h6-9H,2-5,10-15H2,1H3. The zero-order chi connectivity index (χ0) is 20.5. The van der Waals surface area contributed by atoms with Gasteiger partial charge < -0.3 is 4.90 Å². The van der Waals surface area contributed by atoms with Crippen LogP contribution in [0, 0.1) is 0 Å². The molecule has 0 radical (unpaired) electrons. The Balaban J connectivity index is 1.44. The van der Waals surface area contributed by atoms with Gasteiger partial charge in [-0.15, -0.1) is 23.1 Å². The van der Waals surface area contributed by atoms with Crippen LogP contribution in [0.15, 0.2) is 29.2 Å². The maximum absolute atomic E-state index is 6.03. The molecule has 4 nitrogen and oxygen atoms in total. The van der Waals surface area contributed by atoms with Crippen LogP contribution in [0.3, 0.4) is 0 Å². The van der Waals surface area contributed by atoms with Crippen molar-refractivity contribution in [3.05, 3.63) is 45.6 Å². The van der Waals surface area contributed by atoms with Crippen LogP contribution in [0.5, 0.6) is 0 Å². The molecule has 3 aromatic rings. The summed E-state index contributed by atoms with van der Waals surface area (Å²) in [7, 11) is 0. The van der Waals surface area contributed by atoms with Crippen LogP contribution in [0.4, 0.5) is 5.82 Å². The molecule has 7 heteroatoms. The van der Waals surface area contributed by atoms with Gasteiger partial charge in [0.05, 0.1) is 11.1 Å². The van der Waals surface area contributed by atoms with Crippen molar-refractivity contribution in [3.8, 4) is 0 Å². The maximum Gasteiger partial charge on any atom is 0.142 e. The van der Waals surface area contributed by atoms with Gasteiger partial charge in [0.15, 0.2) is 0 Å². The van der Waals surface area contributed by atoms with Crippen molar-refractivity contribution in [2.24, 2.45) is 0 Å². The number of rotatable bonds is 6. The molecule has 1 aliphatic heterocycles. The zero-order valence-corrected chi connectivity index (χ0v) is 19.8. The summed E-state index contributed by atoms with van der Waals surface area (Å²) >= 11 is 9.70. The molecule has 1 fully saturated rings. The molecule has 5 rings (SSSR count). The second-order valence-corrected chi connectivity index (χ2v) is 10.6. The van der Waals surface area contributed by atoms with Crippen molar-refractivity contribution < 1.29 is 0 Å². The molecule has 0 spiro atoms. The van der Waals surface area contributed by atoms with Gasteiger partial charge >= 0.3 is 0 Å². The van der Waals surface area contributed by atoms with E-state index >= 15 is 0 Å². The number of piperazine rings is 1. The van der Waals surface area contributed by atoms with Gasteiger partial charge in [0.25, 0.3) is 0 Å². The van der Waals surface area contributed by atoms with E-state index in [1.807, 2.05) is 23.5 Å². The predicted molar refractivity (Wildman–Crippen MR) is 129 cm³/mol. The summed E-state index contributed by atoms with van der Waals surface area (Å²) < 4.78 is 0. The van der Waals surface area contributed by atoms with Crippen molar-refractivity contribution in [1.29, 1.82) is 0 Å². The molecule has 0 N–H and O–H groups in total. The maximum atomic E-state index is 6.03. The second kappa shape index (κ2) is 9.03. The third-order valence-corrected chi connectivity index (χ3v) is 8.43. The molecule has 0 atom stereocenters. The van der Waals surface area contributed by atoms with E-state index in [1.54, 1.807) is 11.8 Å². The first-order chi connectivity index (χ1) is 14.7. The van der Waals surface area contributed by atoms with Crippen molar-refractivity contribution in [2.75, 3.05) is 37.6 Å². The largest absolute Gasteiger partial charge is 0.353 e. The first kappa shape index (κ1) is 20.6. The van der Waals surface area contributed by atoms with Crippen molar-refractivity contribution in [1.82, 2.24) is 14.9 Å². The molecule has 30 heavy (non-hydrogen) atoms. The molecule has 0 unspecified atom stereocenters. The Bertz CT molecular complexity index is 1030. The summed E-state index contributed by atoms with van der Waals surface area (Å²) in [4.78, 5) is 19.1. The number of thioether (sulfide) groups is 1. The van der Waals surface area contributed by atoms with E-state index in [1.165, 1.54) is 63.6 Å². The SMILES string of the molecule is CCCN1CCN(c2nc(CSc3ccc(Cl)cc3)nc3sc4c(c23)CCC4)CC1. The summed E-state index contributed by atoms with van der Waals surface area (Å²) in [5.41, 5.74) is 1.53. The zero-order valence-electron chi connectivity index (χ0n) is 17.4. The first-order valence-corrected chi connectivity index (χ1v) is 13.1. The lowest BCUT2D eigenvalue weighted by molar-refractivity contribution is 0.258. The van der Waals surface area contributed by atoms with Gasteiger partial charge in [-0.3, -0.25) is 4.90 Å². The lowest BCUT2D eigenvalue weighted by atomic mass is 10.1. The highest BCUT2D eigenvalue weighted by molar-refractivity contribution is 7.98. The summed E-state index contributed by atoms with van der Waals surface area (Å²) in [5.74, 6) is 2.90. The molecule has 0 amide bonds. The van der Waals surface area contributed by atoms with E-state index in [0.717, 1.165) is 42.8 Å². The summed E-state index contributed by atoms with van der Waals surface area (Å²) in [6.07, 6.45) is 4.88. The van der Waals surface area contributed by atoms with E-state index in [2.05, 4.69) is 28.9 Å². The first-order valence-electron chi connectivity index (χ1n) is 10.9. The lowest BCUT2D eigenvalue weighted by Crippen LogP contribution is -2.47. The Labute approximate surface area is 191 Å². The number of hydrogen-bond acceptors (Lipinski definition) is 6. The molecule has 2 aliphatic rings. The fourth-order valence-corrected chi connectivity index (χ4v) is 6.65. The minimum absolute atomic E-state index is 0.773. The normalized spacial score (nSPS) is 17.1. The average Bonchev–Trinajstić information content (AvgIpc) is 3.35. The Morgan fingerprint density at radius 3 is 2.63 bits per heavy atom. The molecule has 1 aromatic carbocycles. The van der Waals surface area contributed by atoms with Gasteiger partial charge in [-0.1, -0.05) is 18.5 Å². The van der Waals surface area contributed by atoms with Gasteiger partial charge in [0.1, 0.15) is 16.5 Å². The Morgan fingerprint density at radius 2 is 1.87 bits per heavy atom. The van der Waals surface area contributed by atoms with Crippen LogP contribution in [-0.4, -0.2) is 47.6 Å². The molecule has 0 bridgehead atoms. The van der Waals surface area contributed by atoms with Crippen LogP contribution in [0.1, 0.15) is 36.0 Å². The molecule has 3 heterocycles. The number of hydrogen-bond donors (Lipinski definition) is 0. The highest BCUT2D eigenvalue weighted by Gasteiger charge is 2.26. The highest BCUT2D eigenvalue weighted by Crippen LogP contribution is 2.41. The van der Waals surface area contributed by atoms with Gasteiger partial charge in [-0.25, -0.2) is 9.97 Å². The summed E-state index contributed by atoms with van der Waals surface area (Å²) in [5, 5.41) is 2.12. The minimum Gasteiger partial charge on any atom is -0.353 e. The van der Waals surface area contributed by atoms with E-state index in [0.29, 0.717) is 0 Å². The fraction of sp³-hybridized carbons (Fsp3) is 0.478. The molecule has 2 aromatic heterocycles. The number of benzene rings is 1. The van der Waals surface area contributed by atoms with Crippen molar-refractivity contribution in [2.45, 2.75) is 43.3 Å². The van der Waals surface area contributed by atoms with Crippen LogP contribution >= 0.6 is 34.7 Å². The number of thiophene rings is 1. The predicted octanol–water partition coefficient (Wildman–Crippen LogP) is 5.66. The van der Waals surface area contributed by atoms with Crippen molar-refractivity contribution in [3.63, 3.8) is 0 Å². The number of aryl methyl sites for hydroxylation is 2. The second-order valence-electron chi connectivity index (χ2n) is 8.07. The molecular weight excluding hydrogens is 432 g/mol. The number of nitrogens with zero attached hydrogens (tertiary/aromatic N) is 4. The summed E-state index contributed by atoms with van der Waals surface area (Å²) in [6, 6.07) is 8.02. The number of aromatic nitrogens is 2. The van der Waals surface area contributed by atoms with E-state index in [4.69, 9.17) is 21.6 Å². The summed E-state index contributed by atoms with van der Waals surface area (Å²) in [6.45, 7) is 7.82. The molecule has 1 saturated heterocycles. The quantitative estimate of drug-likeness (QED) is 0.445. The Hall–Kier alpha value is -1.34. The number of halogens is 1. The van der Waals surface area contributed by atoms with Crippen LogP contribution in [0.25, 0.3) is 10.2 Å². The smallest absolute Gasteiger partial charge is 0.142 e. The van der Waals surface area contributed by atoms with E-state index in [9.17, 15) is 0 Å². The van der Waals surface area contributed by atoms with Crippen LogP contribution in [0.2, 0.25) is 5.02 Å². The molecule has 0 saturated carbocycles. The minimum atomic E-state index is 0.773. The van der Waals surface area contributed by atoms with Crippen LogP contribution in [-0.2, 0) is 18.6 Å². The molecular formula is C23H27ClN4S2. The average molecular weight is 459 g/mol. The van der Waals surface area contributed by atoms with E-state index in [-0.39, 0.29) is 0 Å². The monoisotopic (exact) mass is 458 g/mol. The number of fused-ring (bicyclic) bond motifs is 3. The van der Waals surface area contributed by atoms with Crippen LogP contribution < -0.4 is 4.90 Å². The van der Waals surface area contributed by atoms with E-state index < -0.39 is 0 Å². The fourth-order valence-electron chi connectivity index (χ4n) is 4.49. The van der Waals surface area contributed by atoms with Gasteiger partial charge in [-0.2, -0.15) is 0 Å². The third-order valence-electron chi connectivity index (χ3n) is 5.99. The topological polar surface area (TPSA) is 32.3 Å².